The molecule has 3 heterocycles. The Hall–Kier alpha value is -2.55. The molecule has 3 amide bonds. The van der Waals surface area contributed by atoms with Crippen LogP contribution in [0.3, 0.4) is 0 Å². The predicted molar refractivity (Wildman–Crippen MR) is 107 cm³/mol. The summed E-state index contributed by atoms with van der Waals surface area (Å²) in [4.78, 5) is 35.1. The van der Waals surface area contributed by atoms with Crippen LogP contribution in [0.25, 0.3) is 10.4 Å². The monoisotopic (exact) mass is 405 g/mol. The number of pyridine rings is 1. The van der Waals surface area contributed by atoms with Crippen LogP contribution < -0.4 is 11.1 Å². The van der Waals surface area contributed by atoms with Gasteiger partial charge in [-0.05, 0) is 37.5 Å². The SMILES string of the molecule is Cc1nc(NC(=O)N2CCCC2C(N)=O)sc1-c1ccnc(C(C)(C)CF)c1. The largest absolute Gasteiger partial charge is 0.368 e. The second-order valence-electron chi connectivity index (χ2n) is 7.56. The van der Waals surface area contributed by atoms with E-state index in [9.17, 15) is 14.0 Å². The number of aryl methyl sites for hydroxylation is 1. The van der Waals surface area contributed by atoms with E-state index in [1.807, 2.05) is 19.1 Å². The zero-order chi connectivity index (χ0) is 20.5. The molecule has 0 aromatic carbocycles. The summed E-state index contributed by atoms with van der Waals surface area (Å²) >= 11 is 1.33. The number of urea groups is 1. The van der Waals surface area contributed by atoms with Crippen molar-refractivity contribution in [1.82, 2.24) is 14.9 Å². The molecule has 1 saturated heterocycles. The number of aromatic nitrogens is 2. The average molecular weight is 405 g/mol. The quantitative estimate of drug-likeness (QED) is 0.797. The summed E-state index contributed by atoms with van der Waals surface area (Å²) < 4.78 is 13.3. The van der Waals surface area contributed by atoms with Crippen molar-refractivity contribution in [3.8, 4) is 10.4 Å². The molecule has 0 radical (unpaired) electrons. The van der Waals surface area contributed by atoms with Gasteiger partial charge in [0.25, 0.3) is 0 Å². The molecular weight excluding hydrogens is 381 g/mol. The number of likely N-dealkylation sites (tertiary alicyclic amines) is 1. The minimum absolute atomic E-state index is 0.379. The maximum absolute atomic E-state index is 13.3. The van der Waals surface area contributed by atoms with Gasteiger partial charge in [0.2, 0.25) is 5.91 Å². The highest BCUT2D eigenvalue weighted by Crippen LogP contribution is 2.35. The number of anilines is 1. The fraction of sp³-hybridized carbons (Fsp3) is 0.474. The maximum Gasteiger partial charge on any atom is 0.324 e. The van der Waals surface area contributed by atoms with E-state index in [4.69, 9.17) is 5.73 Å². The van der Waals surface area contributed by atoms with Crippen LogP contribution in [0.1, 0.15) is 38.1 Å². The van der Waals surface area contributed by atoms with Gasteiger partial charge in [-0.15, -0.1) is 0 Å². The Labute approximate surface area is 167 Å². The molecule has 9 heteroatoms. The normalized spacial score (nSPS) is 17.0. The van der Waals surface area contributed by atoms with Crippen molar-refractivity contribution >= 4 is 28.4 Å². The molecule has 3 rings (SSSR count). The highest BCUT2D eigenvalue weighted by atomic mass is 32.1. The second kappa shape index (κ2) is 7.83. The first-order chi connectivity index (χ1) is 13.2. The molecule has 0 spiro atoms. The fourth-order valence-electron chi connectivity index (χ4n) is 3.20. The van der Waals surface area contributed by atoms with Crippen LogP contribution >= 0.6 is 11.3 Å². The molecular formula is C19H24FN5O2S. The van der Waals surface area contributed by atoms with E-state index in [1.165, 1.54) is 16.2 Å². The van der Waals surface area contributed by atoms with Gasteiger partial charge in [0, 0.05) is 23.9 Å². The number of halogens is 1. The third-order valence-corrected chi connectivity index (χ3v) is 6.02. The Morgan fingerprint density at radius 1 is 1.46 bits per heavy atom. The first kappa shape index (κ1) is 20.2. The van der Waals surface area contributed by atoms with Gasteiger partial charge in [0.15, 0.2) is 5.13 Å². The van der Waals surface area contributed by atoms with Crippen molar-refractivity contribution in [2.45, 2.75) is 45.1 Å². The third kappa shape index (κ3) is 3.99. The number of thiazole rings is 1. The average Bonchev–Trinajstić information content (AvgIpc) is 3.28. The smallest absolute Gasteiger partial charge is 0.324 e. The summed E-state index contributed by atoms with van der Waals surface area (Å²) in [6.45, 7) is 5.43. The van der Waals surface area contributed by atoms with Gasteiger partial charge in [-0.25, -0.2) is 9.78 Å². The van der Waals surface area contributed by atoms with Gasteiger partial charge >= 0.3 is 6.03 Å². The first-order valence-corrected chi connectivity index (χ1v) is 9.92. The predicted octanol–water partition coefficient (Wildman–Crippen LogP) is 3.24. The zero-order valence-electron chi connectivity index (χ0n) is 16.2. The van der Waals surface area contributed by atoms with Crippen molar-refractivity contribution in [2.75, 3.05) is 18.5 Å². The number of carbonyl (C=O) groups is 2. The van der Waals surface area contributed by atoms with Crippen molar-refractivity contribution < 1.29 is 14.0 Å². The van der Waals surface area contributed by atoms with E-state index in [0.29, 0.717) is 23.8 Å². The number of nitrogens with two attached hydrogens (primary N) is 1. The standard InChI is InChI=1S/C19H24FN5O2S/c1-11-15(12-6-7-22-14(9-12)19(2,3)10-20)28-17(23-11)24-18(27)25-8-4-5-13(25)16(21)26/h6-7,9,13H,4-5,8,10H2,1-3H3,(H2,21,26)(H,23,24,27). The summed E-state index contributed by atoms with van der Waals surface area (Å²) in [7, 11) is 0. The van der Waals surface area contributed by atoms with Crippen LogP contribution in [-0.2, 0) is 10.2 Å². The number of nitrogens with one attached hydrogen (secondary N) is 1. The van der Waals surface area contributed by atoms with E-state index in [1.54, 1.807) is 20.0 Å². The third-order valence-electron chi connectivity index (χ3n) is 4.90. The summed E-state index contributed by atoms with van der Waals surface area (Å²) in [5.41, 5.74) is 6.99. The van der Waals surface area contributed by atoms with Crippen molar-refractivity contribution in [2.24, 2.45) is 5.73 Å². The molecule has 1 aliphatic heterocycles. The Bertz CT molecular complexity index is 898. The first-order valence-electron chi connectivity index (χ1n) is 9.10. The Morgan fingerprint density at radius 3 is 2.89 bits per heavy atom. The molecule has 1 fully saturated rings. The summed E-state index contributed by atoms with van der Waals surface area (Å²) in [5.74, 6) is -0.497. The number of carbonyl (C=O) groups excluding carboxylic acids is 2. The van der Waals surface area contributed by atoms with E-state index < -0.39 is 24.0 Å². The molecule has 0 bridgehead atoms. The lowest BCUT2D eigenvalue weighted by Crippen LogP contribution is -2.45. The molecule has 3 N–H and O–H groups in total. The summed E-state index contributed by atoms with van der Waals surface area (Å²) in [5, 5.41) is 3.21. The Morgan fingerprint density at radius 2 is 2.21 bits per heavy atom. The van der Waals surface area contributed by atoms with Crippen LogP contribution in [0.2, 0.25) is 0 Å². The topological polar surface area (TPSA) is 101 Å². The van der Waals surface area contributed by atoms with Crippen LogP contribution in [-0.4, -0.2) is 46.1 Å². The lowest BCUT2D eigenvalue weighted by molar-refractivity contribution is -0.121. The number of alkyl halides is 1. The molecule has 7 nitrogen and oxygen atoms in total. The van der Waals surface area contributed by atoms with Crippen molar-refractivity contribution in [1.29, 1.82) is 0 Å². The molecule has 2 aromatic rings. The van der Waals surface area contributed by atoms with E-state index >= 15 is 0 Å². The number of primary amides is 1. The molecule has 0 aliphatic carbocycles. The lowest BCUT2D eigenvalue weighted by atomic mass is 9.89. The number of nitrogens with zero attached hydrogens (tertiary/aromatic N) is 3. The van der Waals surface area contributed by atoms with E-state index in [-0.39, 0.29) is 6.03 Å². The van der Waals surface area contributed by atoms with Gasteiger partial charge in [0.05, 0.1) is 10.6 Å². The number of hydrogen-bond donors (Lipinski definition) is 2. The lowest BCUT2D eigenvalue weighted by Gasteiger charge is -2.21. The molecule has 150 valence electrons. The van der Waals surface area contributed by atoms with Gasteiger partial charge in [0.1, 0.15) is 12.7 Å². The summed E-state index contributed by atoms with van der Waals surface area (Å²) in [6, 6.07) is 2.74. The van der Waals surface area contributed by atoms with Crippen molar-refractivity contribution in [3.63, 3.8) is 0 Å². The van der Waals surface area contributed by atoms with E-state index in [2.05, 4.69) is 15.3 Å². The Balaban J connectivity index is 1.81. The van der Waals surface area contributed by atoms with Crippen LogP contribution in [0.5, 0.6) is 0 Å². The fourth-order valence-corrected chi connectivity index (χ4v) is 4.15. The molecule has 0 saturated carbocycles. The second-order valence-corrected chi connectivity index (χ2v) is 8.56. The number of hydrogen-bond acceptors (Lipinski definition) is 5. The molecule has 28 heavy (non-hydrogen) atoms. The molecule has 2 aromatic heterocycles. The molecule has 1 aliphatic rings. The minimum Gasteiger partial charge on any atom is -0.368 e. The van der Waals surface area contributed by atoms with Gasteiger partial charge < -0.3 is 10.6 Å². The maximum atomic E-state index is 13.3. The van der Waals surface area contributed by atoms with Gasteiger partial charge in [-0.3, -0.25) is 19.5 Å². The van der Waals surface area contributed by atoms with Crippen molar-refractivity contribution in [3.05, 3.63) is 29.7 Å². The Kier molecular flexibility index (Phi) is 5.64. The van der Waals surface area contributed by atoms with Crippen LogP contribution in [0.15, 0.2) is 18.3 Å². The van der Waals surface area contributed by atoms with Crippen LogP contribution in [0.4, 0.5) is 14.3 Å². The highest BCUT2D eigenvalue weighted by Gasteiger charge is 2.33. The molecule has 1 atom stereocenters. The summed E-state index contributed by atoms with van der Waals surface area (Å²) in [6.07, 6.45) is 2.98. The van der Waals surface area contributed by atoms with Crippen LogP contribution in [0, 0.1) is 6.92 Å². The van der Waals surface area contributed by atoms with E-state index in [0.717, 1.165) is 22.6 Å². The number of rotatable bonds is 5. The zero-order valence-corrected chi connectivity index (χ0v) is 17.0. The minimum atomic E-state index is -0.675. The highest BCUT2D eigenvalue weighted by molar-refractivity contribution is 7.19. The van der Waals surface area contributed by atoms with Gasteiger partial charge in [-0.2, -0.15) is 0 Å². The molecule has 1 unspecified atom stereocenters. The van der Waals surface area contributed by atoms with Gasteiger partial charge in [-0.1, -0.05) is 25.2 Å². The number of amides is 3.